The third kappa shape index (κ3) is 16.1. The van der Waals surface area contributed by atoms with Crippen LogP contribution in [0.3, 0.4) is 0 Å². The summed E-state index contributed by atoms with van der Waals surface area (Å²) in [7, 11) is 0. The van der Waals surface area contributed by atoms with Crippen LogP contribution in [0.1, 0.15) is 63.5 Å². The number of amides is 3. The zero-order chi connectivity index (χ0) is 36.9. The van der Waals surface area contributed by atoms with E-state index in [0.29, 0.717) is 72.2 Å². The molecule has 3 amide bonds. The van der Waals surface area contributed by atoms with Crippen LogP contribution in [0, 0.1) is 0 Å². The zero-order valence-electron chi connectivity index (χ0n) is 29.9. The maximum Gasteiger partial charge on any atom is 0.407 e. The molecule has 1 aliphatic carbocycles. The summed E-state index contributed by atoms with van der Waals surface area (Å²) in [6.45, 7) is 9.13. The summed E-state index contributed by atoms with van der Waals surface area (Å²) in [6.07, 6.45) is 0.174. The van der Waals surface area contributed by atoms with Crippen molar-refractivity contribution in [2.24, 2.45) is 0 Å². The Morgan fingerprint density at radius 1 is 0.706 bits per heavy atom. The molecule has 2 aromatic carbocycles. The molecule has 51 heavy (non-hydrogen) atoms. The highest BCUT2D eigenvalue weighted by Gasteiger charge is 2.29. The minimum atomic E-state index is -1.14. The molecule has 0 aliphatic heterocycles. The van der Waals surface area contributed by atoms with Gasteiger partial charge in [0.2, 0.25) is 5.91 Å². The molecule has 0 spiro atoms. The Bertz CT molecular complexity index is 1340. The van der Waals surface area contributed by atoms with Crippen LogP contribution in [-0.4, -0.2) is 113 Å². The largest absolute Gasteiger partial charge is 0.480 e. The minimum Gasteiger partial charge on any atom is -0.480 e. The van der Waals surface area contributed by atoms with Gasteiger partial charge in [0, 0.05) is 25.4 Å². The first-order valence-corrected chi connectivity index (χ1v) is 17.4. The summed E-state index contributed by atoms with van der Waals surface area (Å²) < 4.78 is 32.3. The Kier molecular flexibility index (Phi) is 18.2. The predicted molar refractivity (Wildman–Crippen MR) is 189 cm³/mol. The first-order valence-electron chi connectivity index (χ1n) is 17.4. The van der Waals surface area contributed by atoms with Crippen molar-refractivity contribution in [3.05, 3.63) is 59.7 Å². The summed E-state index contributed by atoms with van der Waals surface area (Å²) in [5, 5.41) is 17.5. The van der Waals surface area contributed by atoms with Gasteiger partial charge in [-0.05, 0) is 62.3 Å². The van der Waals surface area contributed by atoms with E-state index in [-0.39, 0.29) is 37.9 Å². The molecule has 1 unspecified atom stereocenters. The van der Waals surface area contributed by atoms with Crippen molar-refractivity contribution in [2.75, 3.05) is 72.6 Å². The third-order valence-corrected chi connectivity index (χ3v) is 7.68. The number of benzene rings is 2. The van der Waals surface area contributed by atoms with Crippen LogP contribution in [0.2, 0.25) is 0 Å². The Balaban J connectivity index is 1.12. The number of rotatable bonds is 24. The summed E-state index contributed by atoms with van der Waals surface area (Å²) in [5.74, 6) is -1.43. The number of carbonyl (C=O) groups excluding carboxylic acids is 3. The van der Waals surface area contributed by atoms with Gasteiger partial charge in [0.25, 0.3) is 0 Å². The van der Waals surface area contributed by atoms with Crippen LogP contribution in [0.15, 0.2) is 48.5 Å². The quantitative estimate of drug-likeness (QED) is 0.114. The van der Waals surface area contributed by atoms with Crippen LogP contribution >= 0.6 is 0 Å². The Morgan fingerprint density at radius 2 is 1.25 bits per heavy atom. The number of carbonyl (C=O) groups is 4. The lowest BCUT2D eigenvalue weighted by molar-refractivity contribution is -0.139. The van der Waals surface area contributed by atoms with E-state index < -0.39 is 29.8 Å². The molecule has 2 aromatic rings. The average molecular weight is 716 g/mol. The van der Waals surface area contributed by atoms with Gasteiger partial charge in [-0.3, -0.25) is 4.79 Å². The van der Waals surface area contributed by atoms with E-state index in [1.54, 1.807) is 20.8 Å². The van der Waals surface area contributed by atoms with Crippen LogP contribution in [0.5, 0.6) is 0 Å². The van der Waals surface area contributed by atoms with E-state index in [0.717, 1.165) is 22.3 Å². The van der Waals surface area contributed by atoms with Gasteiger partial charge in [0.05, 0.1) is 52.9 Å². The number of ether oxygens (including phenoxy) is 6. The van der Waals surface area contributed by atoms with Crippen molar-refractivity contribution in [3.63, 3.8) is 0 Å². The van der Waals surface area contributed by atoms with Gasteiger partial charge in [-0.2, -0.15) is 0 Å². The van der Waals surface area contributed by atoms with Gasteiger partial charge in [-0.25, -0.2) is 14.4 Å². The fourth-order valence-electron chi connectivity index (χ4n) is 5.30. The lowest BCUT2D eigenvalue weighted by atomic mass is 9.98. The highest BCUT2D eigenvalue weighted by atomic mass is 16.6. The SMILES string of the molecule is CC(C)(C)OC(=O)NCCOCCOCCOCCOCCC(=O)NCCCCC(NC(=O)OCC1c2ccccc2-c2ccccc21)C(=O)O. The van der Waals surface area contributed by atoms with Crippen molar-refractivity contribution in [1.29, 1.82) is 0 Å². The Morgan fingerprint density at radius 3 is 1.82 bits per heavy atom. The number of fused-ring (bicyclic) bond motifs is 3. The Labute approximate surface area is 299 Å². The molecule has 14 nitrogen and oxygen atoms in total. The van der Waals surface area contributed by atoms with Gasteiger partial charge in [-0.1, -0.05) is 48.5 Å². The number of hydrogen-bond acceptors (Lipinski definition) is 10. The highest BCUT2D eigenvalue weighted by Crippen LogP contribution is 2.44. The number of aliphatic carboxylic acids is 1. The van der Waals surface area contributed by atoms with Crippen LogP contribution in [-0.2, 0) is 38.0 Å². The number of nitrogens with one attached hydrogen (secondary N) is 3. The number of alkyl carbamates (subject to hydrolysis) is 2. The second kappa shape index (κ2) is 22.6. The average Bonchev–Trinajstić information content (AvgIpc) is 3.41. The molecule has 3 rings (SSSR count). The maximum absolute atomic E-state index is 12.5. The van der Waals surface area contributed by atoms with E-state index in [2.05, 4.69) is 16.0 Å². The molecular weight excluding hydrogens is 662 g/mol. The minimum absolute atomic E-state index is 0.0986. The molecule has 0 saturated heterocycles. The fraction of sp³-hybridized carbons (Fsp3) is 0.568. The molecular formula is C37H53N3O11. The van der Waals surface area contributed by atoms with Crippen molar-refractivity contribution >= 4 is 24.1 Å². The van der Waals surface area contributed by atoms with Gasteiger partial charge >= 0.3 is 18.2 Å². The van der Waals surface area contributed by atoms with Crippen LogP contribution in [0.4, 0.5) is 9.59 Å². The summed E-state index contributed by atoms with van der Waals surface area (Å²) in [6, 6.07) is 14.9. The summed E-state index contributed by atoms with van der Waals surface area (Å²) in [4.78, 5) is 47.9. The van der Waals surface area contributed by atoms with Gasteiger partial charge in [0.15, 0.2) is 0 Å². The van der Waals surface area contributed by atoms with Crippen LogP contribution in [0.25, 0.3) is 11.1 Å². The van der Waals surface area contributed by atoms with Gasteiger partial charge in [-0.15, -0.1) is 0 Å². The number of unbranched alkanes of at least 4 members (excludes halogenated alkanes) is 1. The molecule has 0 aromatic heterocycles. The van der Waals surface area contributed by atoms with E-state index in [1.165, 1.54) is 0 Å². The molecule has 0 radical (unpaired) electrons. The smallest absolute Gasteiger partial charge is 0.407 e. The predicted octanol–water partition coefficient (Wildman–Crippen LogP) is 4.25. The van der Waals surface area contributed by atoms with Gasteiger partial charge < -0.3 is 49.5 Å². The van der Waals surface area contributed by atoms with Crippen molar-refractivity contribution in [1.82, 2.24) is 16.0 Å². The first kappa shape index (κ1) is 41.2. The van der Waals surface area contributed by atoms with Crippen molar-refractivity contribution in [2.45, 2.75) is 64.0 Å². The van der Waals surface area contributed by atoms with E-state index in [9.17, 15) is 24.3 Å². The molecule has 1 aliphatic rings. The molecule has 4 N–H and O–H groups in total. The second-order valence-electron chi connectivity index (χ2n) is 12.8. The molecule has 282 valence electrons. The highest BCUT2D eigenvalue weighted by molar-refractivity contribution is 5.81. The van der Waals surface area contributed by atoms with Gasteiger partial charge in [0.1, 0.15) is 18.2 Å². The summed E-state index contributed by atoms with van der Waals surface area (Å²) in [5.41, 5.74) is 3.83. The van der Waals surface area contributed by atoms with E-state index in [4.69, 9.17) is 28.4 Å². The molecule has 0 heterocycles. The fourth-order valence-corrected chi connectivity index (χ4v) is 5.30. The van der Waals surface area contributed by atoms with Crippen LogP contribution < -0.4 is 16.0 Å². The lowest BCUT2D eigenvalue weighted by Gasteiger charge is -2.19. The summed E-state index contributed by atoms with van der Waals surface area (Å²) >= 11 is 0. The second-order valence-corrected chi connectivity index (χ2v) is 12.8. The molecule has 14 heteroatoms. The monoisotopic (exact) mass is 715 g/mol. The number of hydrogen-bond donors (Lipinski definition) is 4. The van der Waals surface area contributed by atoms with E-state index in [1.807, 2.05) is 48.5 Å². The Hall–Kier alpha value is -4.24. The molecule has 0 fully saturated rings. The third-order valence-electron chi connectivity index (χ3n) is 7.68. The topological polar surface area (TPSA) is 180 Å². The number of carboxylic acid groups (broad SMARTS) is 1. The molecule has 1 atom stereocenters. The van der Waals surface area contributed by atoms with Crippen molar-refractivity contribution in [3.8, 4) is 11.1 Å². The zero-order valence-corrected chi connectivity index (χ0v) is 29.9. The maximum atomic E-state index is 12.5. The standard InChI is InChI=1S/C37H53N3O11/c1-37(2,3)51-35(44)39-17-19-47-21-23-49-25-24-48-22-20-46-18-15-33(41)38-16-9-8-14-32(34(42)43)40-36(45)50-26-31-29-12-6-4-10-27(29)28-11-5-7-13-30(28)31/h4-7,10-13,31-32H,8-9,14-26H2,1-3H3,(H,38,41)(H,39,44)(H,40,45)(H,42,43). The molecule has 0 bridgehead atoms. The normalized spacial score (nSPS) is 12.8. The first-order chi connectivity index (χ1) is 24.5. The van der Waals surface area contributed by atoms with E-state index >= 15 is 0 Å². The number of carboxylic acids is 1. The molecule has 0 saturated carbocycles. The van der Waals surface area contributed by atoms with Crippen molar-refractivity contribution < 1.29 is 52.7 Å². The lowest BCUT2D eigenvalue weighted by Crippen LogP contribution is -2.41.